The van der Waals surface area contributed by atoms with Crippen LogP contribution in [-0.4, -0.2) is 4.98 Å². The molecule has 0 saturated carbocycles. The Morgan fingerprint density at radius 3 is 2.79 bits per heavy atom. The highest BCUT2D eigenvalue weighted by atomic mass is 127. The van der Waals surface area contributed by atoms with E-state index in [0.29, 0.717) is 10.5 Å². The molecule has 0 aliphatic carbocycles. The van der Waals surface area contributed by atoms with Crippen molar-refractivity contribution in [3.63, 3.8) is 0 Å². The standard InChI is InChI=1S/C8H3ClINO3/c9-5-2-3(10)1-4-6(5)11-8(13)14-7(4)12/h1-2H,(H,11,13). The Bertz CT molecular complexity index is 616. The lowest BCUT2D eigenvalue weighted by atomic mass is 10.2. The lowest BCUT2D eigenvalue weighted by molar-refractivity contribution is 0.460. The van der Waals surface area contributed by atoms with Crippen LogP contribution in [0, 0.1) is 3.57 Å². The first-order valence-corrected chi connectivity index (χ1v) is 5.06. The number of benzene rings is 1. The van der Waals surface area contributed by atoms with Gasteiger partial charge in [-0.3, -0.25) is 4.98 Å². The lowest BCUT2D eigenvalue weighted by Gasteiger charge is -1.98. The van der Waals surface area contributed by atoms with Gasteiger partial charge in [0.15, 0.2) is 0 Å². The van der Waals surface area contributed by atoms with Gasteiger partial charge in [-0.15, -0.1) is 0 Å². The van der Waals surface area contributed by atoms with E-state index in [4.69, 9.17) is 11.6 Å². The maximum atomic E-state index is 11.3. The van der Waals surface area contributed by atoms with Gasteiger partial charge >= 0.3 is 11.4 Å². The van der Waals surface area contributed by atoms with Gasteiger partial charge in [-0.2, -0.15) is 0 Å². The fourth-order valence-corrected chi connectivity index (χ4v) is 2.20. The lowest BCUT2D eigenvalue weighted by Crippen LogP contribution is -2.14. The summed E-state index contributed by atoms with van der Waals surface area (Å²) in [5.74, 6) is -0.800. The van der Waals surface area contributed by atoms with E-state index in [1.807, 2.05) is 22.6 Å². The molecule has 0 amide bonds. The van der Waals surface area contributed by atoms with Crippen LogP contribution in [0.25, 0.3) is 10.9 Å². The molecule has 2 rings (SSSR count). The zero-order valence-corrected chi connectivity index (χ0v) is 9.55. The normalized spacial score (nSPS) is 10.7. The van der Waals surface area contributed by atoms with Crippen molar-refractivity contribution < 1.29 is 4.42 Å². The molecular weight excluding hydrogens is 320 g/mol. The maximum absolute atomic E-state index is 11.3. The number of rotatable bonds is 0. The van der Waals surface area contributed by atoms with Crippen LogP contribution >= 0.6 is 34.2 Å². The molecule has 1 N–H and O–H groups in total. The van der Waals surface area contributed by atoms with Gasteiger partial charge in [0.05, 0.1) is 15.9 Å². The highest BCUT2D eigenvalue weighted by molar-refractivity contribution is 14.1. The number of aromatic amines is 1. The molecule has 4 nitrogen and oxygen atoms in total. The number of hydrogen-bond donors (Lipinski definition) is 1. The molecule has 0 atom stereocenters. The van der Waals surface area contributed by atoms with E-state index in [9.17, 15) is 9.59 Å². The highest BCUT2D eigenvalue weighted by Gasteiger charge is 2.07. The Hall–Kier alpha value is -0.820. The number of hydrogen-bond acceptors (Lipinski definition) is 3. The van der Waals surface area contributed by atoms with Crippen LogP contribution in [0.2, 0.25) is 5.02 Å². The third-order valence-corrected chi connectivity index (χ3v) is 2.61. The van der Waals surface area contributed by atoms with Crippen LogP contribution in [-0.2, 0) is 0 Å². The number of nitrogens with one attached hydrogen (secondary N) is 1. The van der Waals surface area contributed by atoms with E-state index in [-0.39, 0.29) is 5.39 Å². The molecule has 0 bridgehead atoms. The second-order valence-electron chi connectivity index (χ2n) is 2.61. The van der Waals surface area contributed by atoms with Gasteiger partial charge in [0.2, 0.25) is 0 Å². The van der Waals surface area contributed by atoms with E-state index in [2.05, 4.69) is 9.40 Å². The molecule has 0 unspecified atom stereocenters. The van der Waals surface area contributed by atoms with Gasteiger partial charge in [0, 0.05) is 3.57 Å². The van der Waals surface area contributed by atoms with Gasteiger partial charge in [-0.1, -0.05) is 11.6 Å². The first-order valence-electron chi connectivity index (χ1n) is 3.60. The van der Waals surface area contributed by atoms with Crippen molar-refractivity contribution in [1.82, 2.24) is 4.98 Å². The average molecular weight is 323 g/mol. The molecule has 14 heavy (non-hydrogen) atoms. The molecule has 0 aliphatic rings. The number of aromatic nitrogens is 1. The minimum Gasteiger partial charge on any atom is -0.372 e. The Balaban J connectivity index is 3.10. The smallest absolute Gasteiger partial charge is 0.372 e. The molecule has 1 heterocycles. The Kier molecular flexibility index (Phi) is 2.36. The van der Waals surface area contributed by atoms with Crippen LogP contribution in [0.4, 0.5) is 0 Å². The molecular formula is C8H3ClINO3. The van der Waals surface area contributed by atoms with Gasteiger partial charge in [-0.25, -0.2) is 9.59 Å². The highest BCUT2D eigenvalue weighted by Crippen LogP contribution is 2.21. The fraction of sp³-hybridized carbons (Fsp3) is 0. The second kappa shape index (κ2) is 3.39. The molecule has 0 aliphatic heterocycles. The molecule has 0 radical (unpaired) electrons. The molecule has 1 aromatic carbocycles. The van der Waals surface area contributed by atoms with Gasteiger partial charge in [0.1, 0.15) is 0 Å². The van der Waals surface area contributed by atoms with E-state index in [0.717, 1.165) is 3.57 Å². The number of halogens is 2. The van der Waals surface area contributed by atoms with E-state index in [1.54, 1.807) is 12.1 Å². The van der Waals surface area contributed by atoms with Gasteiger partial charge in [0.25, 0.3) is 0 Å². The fourth-order valence-electron chi connectivity index (χ4n) is 1.13. The van der Waals surface area contributed by atoms with Crippen molar-refractivity contribution in [3.8, 4) is 0 Å². The SMILES string of the molecule is O=c1[nH]c2c(Cl)cc(I)cc2c(=O)o1. The summed E-state index contributed by atoms with van der Waals surface area (Å²) in [4.78, 5) is 24.5. The molecule has 0 spiro atoms. The summed E-state index contributed by atoms with van der Waals surface area (Å²) in [5, 5.41) is 0.610. The van der Waals surface area contributed by atoms with E-state index >= 15 is 0 Å². The summed E-state index contributed by atoms with van der Waals surface area (Å²) >= 11 is 7.87. The topological polar surface area (TPSA) is 63.1 Å². The second-order valence-corrected chi connectivity index (χ2v) is 4.26. The molecule has 6 heteroatoms. The zero-order valence-electron chi connectivity index (χ0n) is 6.64. The first-order chi connectivity index (χ1) is 6.58. The molecule has 0 fully saturated rings. The average Bonchev–Trinajstić information content (AvgIpc) is 2.07. The predicted molar refractivity (Wildman–Crippen MR) is 60.8 cm³/mol. The summed E-state index contributed by atoms with van der Waals surface area (Å²) in [6.07, 6.45) is 0. The van der Waals surface area contributed by atoms with Crippen LogP contribution in [0.5, 0.6) is 0 Å². The Morgan fingerprint density at radius 1 is 1.36 bits per heavy atom. The first kappa shape index (κ1) is 9.72. The van der Waals surface area contributed by atoms with Crippen molar-refractivity contribution in [2.75, 3.05) is 0 Å². The molecule has 0 saturated heterocycles. The summed E-state index contributed by atoms with van der Waals surface area (Å²) in [5.41, 5.74) is -0.363. The Morgan fingerprint density at radius 2 is 2.07 bits per heavy atom. The predicted octanol–water partition coefficient (Wildman–Crippen LogP) is 1.74. The van der Waals surface area contributed by atoms with Crippen molar-refractivity contribution in [3.05, 3.63) is 41.7 Å². The molecule has 2 aromatic rings. The van der Waals surface area contributed by atoms with Crippen LogP contribution in [0.1, 0.15) is 0 Å². The van der Waals surface area contributed by atoms with Crippen molar-refractivity contribution >= 4 is 45.1 Å². The molecule has 1 aromatic heterocycles. The number of H-pyrrole nitrogens is 1. The van der Waals surface area contributed by atoms with Crippen LogP contribution in [0.15, 0.2) is 26.1 Å². The molecule has 72 valence electrons. The minimum atomic E-state index is -0.800. The summed E-state index contributed by atoms with van der Waals surface area (Å²) < 4.78 is 5.18. The monoisotopic (exact) mass is 323 g/mol. The quantitative estimate of drug-likeness (QED) is 0.751. The number of fused-ring (bicyclic) bond motifs is 1. The van der Waals surface area contributed by atoms with Crippen LogP contribution < -0.4 is 11.4 Å². The van der Waals surface area contributed by atoms with E-state index < -0.39 is 11.4 Å². The largest absolute Gasteiger partial charge is 0.419 e. The van der Waals surface area contributed by atoms with Crippen LogP contribution in [0.3, 0.4) is 0 Å². The third-order valence-electron chi connectivity index (χ3n) is 1.69. The minimum absolute atomic E-state index is 0.279. The van der Waals surface area contributed by atoms with Gasteiger partial charge in [-0.05, 0) is 34.7 Å². The third kappa shape index (κ3) is 1.57. The summed E-state index contributed by atoms with van der Waals surface area (Å²) in [6.45, 7) is 0. The van der Waals surface area contributed by atoms with Crippen molar-refractivity contribution in [2.24, 2.45) is 0 Å². The maximum Gasteiger partial charge on any atom is 0.419 e. The van der Waals surface area contributed by atoms with Crippen molar-refractivity contribution in [1.29, 1.82) is 0 Å². The Labute approximate surface area is 96.0 Å². The van der Waals surface area contributed by atoms with E-state index in [1.165, 1.54) is 0 Å². The van der Waals surface area contributed by atoms with Crippen molar-refractivity contribution in [2.45, 2.75) is 0 Å². The van der Waals surface area contributed by atoms with Gasteiger partial charge < -0.3 is 4.42 Å². The summed E-state index contributed by atoms with van der Waals surface area (Å²) in [6, 6.07) is 3.25. The zero-order chi connectivity index (χ0) is 10.3. The summed E-state index contributed by atoms with van der Waals surface area (Å²) in [7, 11) is 0.